The molecule has 0 saturated carbocycles. The van der Waals surface area contributed by atoms with Gasteiger partial charge in [0.25, 0.3) is 0 Å². The fourth-order valence-corrected chi connectivity index (χ4v) is 4.43. The third-order valence-corrected chi connectivity index (χ3v) is 5.86. The Balaban J connectivity index is 1.84. The van der Waals surface area contributed by atoms with Crippen molar-refractivity contribution in [1.29, 1.82) is 0 Å². The van der Waals surface area contributed by atoms with Crippen molar-refractivity contribution in [2.45, 2.75) is 26.4 Å². The molecule has 2 aromatic carbocycles. The molecule has 0 bridgehead atoms. The van der Waals surface area contributed by atoms with E-state index in [2.05, 4.69) is 40.3 Å². The molecule has 0 N–H and O–H groups in total. The number of benzene rings is 2. The first-order valence-corrected chi connectivity index (χ1v) is 8.69. The molecule has 21 heavy (non-hydrogen) atoms. The van der Waals surface area contributed by atoms with Gasteiger partial charge in [-0.2, -0.15) is 0 Å². The van der Waals surface area contributed by atoms with Crippen molar-refractivity contribution in [3.63, 3.8) is 0 Å². The Kier molecular flexibility index (Phi) is 4.00. The van der Waals surface area contributed by atoms with E-state index in [-0.39, 0.29) is 6.04 Å². The molecule has 2 aromatic rings. The maximum absolute atomic E-state index is 11.8. The van der Waals surface area contributed by atoms with Gasteiger partial charge in [0, 0.05) is 0 Å². The van der Waals surface area contributed by atoms with E-state index in [0.717, 1.165) is 16.8 Å². The van der Waals surface area contributed by atoms with Crippen LogP contribution in [0.1, 0.15) is 25.0 Å². The Hall–Kier alpha value is -1.77. The molecule has 0 saturated heterocycles. The van der Waals surface area contributed by atoms with Crippen LogP contribution in [0, 0.1) is 5.21 Å². The molecule has 0 aliphatic carbocycles. The zero-order chi connectivity index (χ0) is 14.8. The van der Waals surface area contributed by atoms with Gasteiger partial charge in [-0.25, -0.2) is 0 Å². The third-order valence-electron chi connectivity index (χ3n) is 3.44. The number of rotatable bonds is 3. The molecule has 0 unspecified atom stereocenters. The molecule has 1 heterocycles. The minimum atomic E-state index is -0.0334. The summed E-state index contributed by atoms with van der Waals surface area (Å²) in [4.78, 5) is 0. The fourth-order valence-electron chi connectivity index (χ4n) is 2.23. The zero-order valence-corrected chi connectivity index (χ0v) is 13.9. The summed E-state index contributed by atoms with van der Waals surface area (Å²) in [5.74, 6) is 0. The molecule has 0 radical (unpaired) electrons. The summed E-state index contributed by atoms with van der Waals surface area (Å²) in [7, 11) is 0. The first-order valence-electron chi connectivity index (χ1n) is 7.07. The summed E-state index contributed by atoms with van der Waals surface area (Å²) in [6, 6.07) is 16.8. The molecule has 0 amide bonds. The summed E-state index contributed by atoms with van der Waals surface area (Å²) >= 11 is 0.324. The van der Waals surface area contributed by atoms with Crippen molar-refractivity contribution < 1.29 is 4.74 Å². The van der Waals surface area contributed by atoms with Crippen LogP contribution in [0.2, 0.25) is 0 Å². The van der Waals surface area contributed by atoms with E-state index in [4.69, 9.17) is 0 Å². The third kappa shape index (κ3) is 3.12. The van der Waals surface area contributed by atoms with Crippen molar-refractivity contribution in [2.75, 3.05) is 3.92 Å². The first-order chi connectivity index (χ1) is 10.1. The Bertz CT molecular complexity index is 657. The van der Waals surface area contributed by atoms with E-state index in [1.807, 2.05) is 26.0 Å². The predicted molar refractivity (Wildman–Crippen MR) is 88.4 cm³/mol. The van der Waals surface area contributed by atoms with Crippen LogP contribution < -0.4 is 8.38 Å². The molecule has 3 nitrogen and oxygen atoms in total. The van der Waals surface area contributed by atoms with Crippen molar-refractivity contribution in [2.24, 2.45) is 0 Å². The first kappa shape index (κ1) is 14.2. The standard InChI is InChI=1S/C17H18N2OSe/c1-13(2)18(20)11-14-6-5-8-16(10-14)19-12-15-7-3-4-9-17(15)21-19/h3-11,13H,12H2,1-2H3. The van der Waals surface area contributed by atoms with Gasteiger partial charge in [0.05, 0.1) is 0 Å². The van der Waals surface area contributed by atoms with Crippen LogP contribution in [-0.2, 0) is 6.54 Å². The van der Waals surface area contributed by atoms with E-state index >= 15 is 0 Å². The van der Waals surface area contributed by atoms with Gasteiger partial charge in [-0.05, 0) is 0 Å². The fraction of sp³-hybridized carbons (Fsp3) is 0.235. The molecular weight excluding hydrogens is 327 g/mol. The van der Waals surface area contributed by atoms with Crippen molar-refractivity contribution >= 4 is 31.5 Å². The van der Waals surface area contributed by atoms with E-state index in [1.54, 1.807) is 6.21 Å². The summed E-state index contributed by atoms with van der Waals surface area (Å²) in [5, 5.41) is 11.8. The van der Waals surface area contributed by atoms with Crippen LogP contribution in [0.15, 0.2) is 48.5 Å². The van der Waals surface area contributed by atoms with Crippen LogP contribution in [-0.4, -0.2) is 32.2 Å². The van der Waals surface area contributed by atoms with Crippen molar-refractivity contribution in [1.82, 2.24) is 0 Å². The summed E-state index contributed by atoms with van der Waals surface area (Å²) in [5.41, 5.74) is 3.57. The van der Waals surface area contributed by atoms with Gasteiger partial charge in [0.15, 0.2) is 0 Å². The molecule has 108 valence electrons. The second-order valence-corrected chi connectivity index (χ2v) is 7.64. The van der Waals surface area contributed by atoms with Gasteiger partial charge >= 0.3 is 131 Å². The topological polar surface area (TPSA) is 29.3 Å². The molecule has 0 fully saturated rings. The molecule has 1 aliphatic heterocycles. The van der Waals surface area contributed by atoms with Crippen LogP contribution in [0.3, 0.4) is 0 Å². The molecule has 0 atom stereocenters. The van der Waals surface area contributed by atoms with Crippen LogP contribution in [0.4, 0.5) is 5.69 Å². The molecule has 4 heteroatoms. The molecule has 0 spiro atoms. The second kappa shape index (κ2) is 5.92. The van der Waals surface area contributed by atoms with Gasteiger partial charge in [-0.3, -0.25) is 0 Å². The summed E-state index contributed by atoms with van der Waals surface area (Å²) in [6.45, 7) is 4.76. The Morgan fingerprint density at radius 2 is 2.00 bits per heavy atom. The normalized spacial score (nSPS) is 14.6. The van der Waals surface area contributed by atoms with E-state index < -0.39 is 0 Å². The Morgan fingerprint density at radius 1 is 1.19 bits per heavy atom. The van der Waals surface area contributed by atoms with E-state index in [1.165, 1.54) is 15.7 Å². The predicted octanol–water partition coefficient (Wildman–Crippen LogP) is 2.29. The quantitative estimate of drug-likeness (QED) is 0.281. The number of hydroxylamine groups is 1. The van der Waals surface area contributed by atoms with Gasteiger partial charge in [0.2, 0.25) is 0 Å². The summed E-state index contributed by atoms with van der Waals surface area (Å²) in [6.07, 6.45) is 1.67. The molecular formula is C17H18N2OSe. The molecule has 3 rings (SSSR count). The van der Waals surface area contributed by atoms with Crippen LogP contribution in [0.5, 0.6) is 0 Å². The zero-order valence-electron chi connectivity index (χ0n) is 12.2. The van der Waals surface area contributed by atoms with Gasteiger partial charge in [-0.1, -0.05) is 0 Å². The minimum absolute atomic E-state index is 0.0334. The summed E-state index contributed by atoms with van der Waals surface area (Å²) < 4.78 is 4.86. The van der Waals surface area contributed by atoms with Gasteiger partial charge in [0.1, 0.15) is 0 Å². The van der Waals surface area contributed by atoms with Crippen molar-refractivity contribution in [3.05, 3.63) is 64.9 Å². The number of nitrogens with zero attached hydrogens (tertiary/aromatic N) is 2. The average molecular weight is 345 g/mol. The molecule has 0 aromatic heterocycles. The Morgan fingerprint density at radius 3 is 2.76 bits per heavy atom. The second-order valence-electron chi connectivity index (χ2n) is 5.41. The maximum atomic E-state index is 11.8. The molecule has 1 aliphatic rings. The van der Waals surface area contributed by atoms with Gasteiger partial charge in [-0.15, -0.1) is 0 Å². The number of hydrogen-bond acceptors (Lipinski definition) is 2. The van der Waals surface area contributed by atoms with Gasteiger partial charge < -0.3 is 0 Å². The van der Waals surface area contributed by atoms with E-state index in [0.29, 0.717) is 15.2 Å². The monoisotopic (exact) mass is 346 g/mol. The number of fused-ring (bicyclic) bond motifs is 1. The Labute approximate surface area is 131 Å². The number of hydrogen-bond donors (Lipinski definition) is 0. The van der Waals surface area contributed by atoms with E-state index in [9.17, 15) is 5.21 Å². The van der Waals surface area contributed by atoms with Crippen LogP contribution in [0.25, 0.3) is 0 Å². The number of anilines is 1. The SMILES string of the molecule is CC(C)[N+]([O-])=Cc1cccc(N2Cc3ccccc3[Se]2)c1. The van der Waals surface area contributed by atoms with Crippen molar-refractivity contribution in [3.8, 4) is 0 Å². The van der Waals surface area contributed by atoms with Crippen LogP contribution >= 0.6 is 0 Å². The average Bonchev–Trinajstić information content (AvgIpc) is 2.91.